The fourth-order valence-electron chi connectivity index (χ4n) is 2.37. The number of halogens is 1. The van der Waals surface area contributed by atoms with Crippen LogP contribution in [0.1, 0.15) is 25.3 Å². The summed E-state index contributed by atoms with van der Waals surface area (Å²) in [5.74, 6) is -1.11. The molecule has 2 atom stereocenters. The van der Waals surface area contributed by atoms with Crippen molar-refractivity contribution in [3.8, 4) is 0 Å². The molecule has 0 spiro atoms. The van der Waals surface area contributed by atoms with Gasteiger partial charge in [-0.1, -0.05) is 23.7 Å². The number of hydrogen-bond donors (Lipinski definition) is 2. The van der Waals surface area contributed by atoms with Crippen LogP contribution in [0.3, 0.4) is 0 Å². The Bertz CT molecular complexity index is 543. The number of carbonyl (C=O) groups is 2. The molecule has 1 aromatic carbocycles. The molecule has 114 valence electrons. The van der Waals surface area contributed by atoms with Crippen molar-refractivity contribution in [3.63, 3.8) is 0 Å². The van der Waals surface area contributed by atoms with E-state index in [9.17, 15) is 9.59 Å². The molecule has 0 saturated carbocycles. The van der Waals surface area contributed by atoms with Crippen LogP contribution in [-0.2, 0) is 19.9 Å². The molecular weight excluding hydrogens is 292 g/mol. The maximum Gasteiger partial charge on any atom is 0.247 e. The molecule has 1 aromatic rings. The second-order valence-corrected chi connectivity index (χ2v) is 5.84. The van der Waals surface area contributed by atoms with Crippen molar-refractivity contribution in [1.82, 2.24) is 5.32 Å². The van der Waals surface area contributed by atoms with Gasteiger partial charge in [-0.25, -0.2) is 0 Å². The van der Waals surface area contributed by atoms with Crippen LogP contribution < -0.4 is 11.1 Å². The molecule has 0 radical (unpaired) electrons. The van der Waals surface area contributed by atoms with Gasteiger partial charge in [-0.2, -0.15) is 0 Å². The first kappa shape index (κ1) is 15.8. The fraction of sp³-hybridized carbons (Fsp3) is 0.467. The van der Waals surface area contributed by atoms with E-state index in [1.165, 1.54) is 0 Å². The van der Waals surface area contributed by atoms with Crippen molar-refractivity contribution < 1.29 is 14.3 Å². The number of nitrogens with one attached hydrogen (secondary N) is 1. The lowest BCUT2D eigenvalue weighted by atomic mass is 9.89. The number of nitrogens with two attached hydrogens (primary N) is 1. The monoisotopic (exact) mass is 310 g/mol. The van der Waals surface area contributed by atoms with E-state index in [4.69, 9.17) is 22.1 Å². The first-order chi connectivity index (χ1) is 9.93. The molecule has 0 bridgehead atoms. The zero-order valence-corrected chi connectivity index (χ0v) is 12.7. The van der Waals surface area contributed by atoms with Gasteiger partial charge in [-0.3, -0.25) is 9.59 Å². The van der Waals surface area contributed by atoms with Gasteiger partial charge < -0.3 is 15.8 Å². The Labute approximate surface area is 128 Å². The second-order valence-electron chi connectivity index (χ2n) is 5.40. The van der Waals surface area contributed by atoms with Crippen LogP contribution in [0.2, 0.25) is 5.02 Å². The quantitative estimate of drug-likeness (QED) is 0.886. The molecular formula is C15H19ClN2O3. The number of primary amides is 1. The number of benzene rings is 1. The van der Waals surface area contributed by atoms with Crippen molar-refractivity contribution in [2.24, 2.45) is 11.7 Å². The minimum Gasteiger partial charge on any atom is -0.381 e. The maximum atomic E-state index is 12.3. The van der Waals surface area contributed by atoms with Gasteiger partial charge in [0.1, 0.15) is 5.54 Å². The van der Waals surface area contributed by atoms with E-state index in [1.54, 1.807) is 31.2 Å². The highest BCUT2D eigenvalue weighted by molar-refractivity contribution is 6.30. The summed E-state index contributed by atoms with van der Waals surface area (Å²) in [4.78, 5) is 24.2. The molecule has 1 saturated heterocycles. The number of rotatable bonds is 4. The molecule has 6 heteroatoms. The highest BCUT2D eigenvalue weighted by Crippen LogP contribution is 2.25. The van der Waals surface area contributed by atoms with Gasteiger partial charge in [0.2, 0.25) is 11.8 Å². The first-order valence-corrected chi connectivity index (χ1v) is 7.27. The zero-order valence-electron chi connectivity index (χ0n) is 11.9. The van der Waals surface area contributed by atoms with E-state index in [2.05, 4.69) is 5.32 Å². The van der Waals surface area contributed by atoms with E-state index in [0.717, 1.165) is 12.8 Å². The van der Waals surface area contributed by atoms with Crippen LogP contribution in [0.4, 0.5) is 0 Å². The summed E-state index contributed by atoms with van der Waals surface area (Å²) in [5, 5.41) is 3.24. The lowest BCUT2D eigenvalue weighted by Crippen LogP contribution is -2.54. The van der Waals surface area contributed by atoms with Crippen LogP contribution in [-0.4, -0.2) is 25.0 Å². The standard InChI is InChI=1S/C15H19ClN2O3/c1-15(14(17)20,11-5-2-6-12(16)8-11)18-13(19)10-4-3-7-21-9-10/h2,5-6,8,10H,3-4,7,9H2,1H3,(H2,17,20)(H,18,19). The summed E-state index contributed by atoms with van der Waals surface area (Å²) in [6, 6.07) is 6.76. The van der Waals surface area contributed by atoms with E-state index < -0.39 is 11.4 Å². The zero-order chi connectivity index (χ0) is 15.5. The predicted molar refractivity (Wildman–Crippen MR) is 79.7 cm³/mol. The Kier molecular flexibility index (Phi) is 4.85. The average Bonchev–Trinajstić information content (AvgIpc) is 2.47. The Morgan fingerprint density at radius 1 is 1.48 bits per heavy atom. The number of hydrogen-bond acceptors (Lipinski definition) is 3. The fourth-order valence-corrected chi connectivity index (χ4v) is 2.56. The molecule has 3 N–H and O–H groups in total. The number of amides is 2. The van der Waals surface area contributed by atoms with Crippen molar-refractivity contribution in [2.45, 2.75) is 25.3 Å². The Morgan fingerprint density at radius 3 is 2.81 bits per heavy atom. The molecule has 2 unspecified atom stereocenters. The molecule has 1 heterocycles. The van der Waals surface area contributed by atoms with E-state index >= 15 is 0 Å². The smallest absolute Gasteiger partial charge is 0.247 e. The van der Waals surface area contributed by atoms with Crippen molar-refractivity contribution in [3.05, 3.63) is 34.9 Å². The SMILES string of the molecule is CC(NC(=O)C1CCCOC1)(C(N)=O)c1cccc(Cl)c1. The molecule has 21 heavy (non-hydrogen) atoms. The Morgan fingerprint density at radius 2 is 2.24 bits per heavy atom. The number of ether oxygens (including phenoxy) is 1. The molecule has 2 amide bonds. The van der Waals surface area contributed by atoms with Gasteiger partial charge in [0, 0.05) is 11.6 Å². The van der Waals surface area contributed by atoms with E-state index in [1.807, 2.05) is 0 Å². The van der Waals surface area contributed by atoms with Crippen LogP contribution in [0.15, 0.2) is 24.3 Å². The average molecular weight is 311 g/mol. The molecule has 0 aliphatic carbocycles. The third kappa shape index (κ3) is 3.54. The summed E-state index contributed by atoms with van der Waals surface area (Å²) < 4.78 is 5.30. The molecule has 1 aliphatic heterocycles. The predicted octanol–water partition coefficient (Wildman–Crippen LogP) is 1.58. The Balaban J connectivity index is 2.22. The van der Waals surface area contributed by atoms with Gasteiger partial charge in [0.05, 0.1) is 12.5 Å². The van der Waals surface area contributed by atoms with Crippen LogP contribution in [0, 0.1) is 5.92 Å². The highest BCUT2D eigenvalue weighted by Gasteiger charge is 2.37. The minimum atomic E-state index is -1.29. The molecule has 1 aliphatic rings. The lowest BCUT2D eigenvalue weighted by molar-refractivity contribution is -0.136. The third-order valence-corrected chi connectivity index (χ3v) is 4.03. The second kappa shape index (κ2) is 6.45. The third-order valence-electron chi connectivity index (χ3n) is 3.80. The van der Waals surface area contributed by atoms with Crippen LogP contribution >= 0.6 is 11.6 Å². The molecule has 1 fully saturated rings. The molecule has 5 nitrogen and oxygen atoms in total. The van der Waals surface area contributed by atoms with Crippen LogP contribution in [0.5, 0.6) is 0 Å². The summed E-state index contributed by atoms with van der Waals surface area (Å²) in [6.07, 6.45) is 1.58. The van der Waals surface area contributed by atoms with Crippen molar-refractivity contribution in [1.29, 1.82) is 0 Å². The van der Waals surface area contributed by atoms with Crippen molar-refractivity contribution >= 4 is 23.4 Å². The minimum absolute atomic E-state index is 0.226. The van der Waals surface area contributed by atoms with Gasteiger partial charge in [0.25, 0.3) is 0 Å². The summed E-state index contributed by atoms with van der Waals surface area (Å²) in [6.45, 7) is 2.63. The van der Waals surface area contributed by atoms with Crippen LogP contribution in [0.25, 0.3) is 0 Å². The van der Waals surface area contributed by atoms with Gasteiger partial charge in [-0.05, 0) is 37.5 Å². The summed E-state index contributed by atoms with van der Waals surface area (Å²) in [7, 11) is 0. The van der Waals surface area contributed by atoms with Gasteiger partial charge in [0.15, 0.2) is 0 Å². The summed E-state index contributed by atoms with van der Waals surface area (Å²) in [5.41, 5.74) is 4.77. The molecule has 2 rings (SSSR count). The largest absolute Gasteiger partial charge is 0.381 e. The van der Waals surface area contributed by atoms with E-state index in [-0.39, 0.29) is 11.8 Å². The maximum absolute atomic E-state index is 12.3. The lowest BCUT2D eigenvalue weighted by Gasteiger charge is -2.31. The van der Waals surface area contributed by atoms with Crippen molar-refractivity contribution in [2.75, 3.05) is 13.2 Å². The highest BCUT2D eigenvalue weighted by atomic mass is 35.5. The normalized spacial score (nSPS) is 21.3. The van der Waals surface area contributed by atoms with Gasteiger partial charge in [-0.15, -0.1) is 0 Å². The van der Waals surface area contributed by atoms with E-state index in [0.29, 0.717) is 23.8 Å². The first-order valence-electron chi connectivity index (χ1n) is 6.89. The van der Waals surface area contributed by atoms with Gasteiger partial charge >= 0.3 is 0 Å². The Hall–Kier alpha value is -1.59. The summed E-state index contributed by atoms with van der Waals surface area (Å²) >= 11 is 5.96. The number of carbonyl (C=O) groups excluding carboxylic acids is 2. The molecule has 0 aromatic heterocycles. The topological polar surface area (TPSA) is 81.4 Å².